The fourth-order valence-electron chi connectivity index (χ4n) is 2.10. The monoisotopic (exact) mass is 286 g/mol. The second-order valence-corrected chi connectivity index (χ2v) is 4.84. The summed E-state index contributed by atoms with van der Waals surface area (Å²) in [4.78, 5) is 0. The first-order valence-electron chi connectivity index (χ1n) is 7.38. The Morgan fingerprint density at radius 3 is 3.10 bits per heavy atom. The van der Waals surface area contributed by atoms with Crippen molar-refractivity contribution in [3.8, 4) is 17.6 Å². The van der Waals surface area contributed by atoms with Crippen molar-refractivity contribution in [2.45, 2.75) is 32.0 Å². The van der Waals surface area contributed by atoms with E-state index in [1.165, 1.54) is 6.42 Å². The van der Waals surface area contributed by atoms with E-state index in [-0.39, 0.29) is 6.29 Å². The average molecular weight is 286 g/mol. The summed E-state index contributed by atoms with van der Waals surface area (Å²) < 4.78 is 16.2. The number of methoxy groups -OCH3 is 1. The molecule has 0 amide bonds. The van der Waals surface area contributed by atoms with Gasteiger partial charge in [0.05, 0.1) is 7.11 Å². The summed E-state index contributed by atoms with van der Waals surface area (Å²) in [6.45, 7) is 1.25. The molecule has 1 saturated heterocycles. The van der Waals surface area contributed by atoms with Gasteiger partial charge < -0.3 is 14.2 Å². The van der Waals surface area contributed by atoms with Crippen molar-refractivity contribution in [3.63, 3.8) is 0 Å². The Bertz CT molecular complexity index is 505. The van der Waals surface area contributed by atoms with Gasteiger partial charge in [-0.25, -0.2) is 0 Å². The van der Waals surface area contributed by atoms with E-state index in [0.717, 1.165) is 30.8 Å². The van der Waals surface area contributed by atoms with Gasteiger partial charge in [-0.1, -0.05) is 36.1 Å². The van der Waals surface area contributed by atoms with Crippen LogP contribution in [0.3, 0.4) is 0 Å². The molecule has 112 valence electrons. The molecule has 0 saturated carbocycles. The molecule has 0 bridgehead atoms. The lowest BCUT2D eigenvalue weighted by molar-refractivity contribution is -0.154. The standard InChI is InChI=1S/C18H22O3/c1-19-17-11-8-10-16(15-17)9-4-2-3-6-13-20-18-12-5-7-14-21-18/h4,8-11,15,18H,2,5,7,12-14H2,1H3/b9-4+. The van der Waals surface area contributed by atoms with Crippen molar-refractivity contribution in [3.05, 3.63) is 35.9 Å². The summed E-state index contributed by atoms with van der Waals surface area (Å²) in [7, 11) is 1.67. The third-order valence-electron chi connectivity index (χ3n) is 3.23. The molecule has 0 aliphatic carbocycles. The highest BCUT2D eigenvalue weighted by atomic mass is 16.7. The molecule has 0 N–H and O–H groups in total. The summed E-state index contributed by atoms with van der Waals surface area (Å²) in [6.07, 6.45) is 8.05. The highest BCUT2D eigenvalue weighted by molar-refractivity contribution is 5.52. The highest BCUT2D eigenvalue weighted by Gasteiger charge is 2.12. The molecule has 1 aliphatic rings. The molecule has 3 nitrogen and oxygen atoms in total. The molecule has 1 unspecified atom stereocenters. The van der Waals surface area contributed by atoms with Gasteiger partial charge in [0.1, 0.15) is 12.4 Å². The van der Waals surface area contributed by atoms with Gasteiger partial charge in [-0.2, -0.15) is 0 Å². The second kappa shape index (κ2) is 9.23. The zero-order chi connectivity index (χ0) is 14.8. The van der Waals surface area contributed by atoms with Crippen LogP contribution in [0.4, 0.5) is 0 Å². The summed E-state index contributed by atoms with van der Waals surface area (Å²) in [5.41, 5.74) is 1.11. The van der Waals surface area contributed by atoms with Crippen molar-refractivity contribution in [1.29, 1.82) is 0 Å². The molecule has 0 spiro atoms. The minimum atomic E-state index is -0.0552. The third kappa shape index (κ3) is 6.03. The summed E-state index contributed by atoms with van der Waals surface area (Å²) >= 11 is 0. The van der Waals surface area contributed by atoms with Gasteiger partial charge in [0.2, 0.25) is 0 Å². The van der Waals surface area contributed by atoms with Gasteiger partial charge in [0.15, 0.2) is 6.29 Å². The maximum Gasteiger partial charge on any atom is 0.158 e. The van der Waals surface area contributed by atoms with Crippen LogP contribution in [0.1, 0.15) is 31.2 Å². The van der Waals surface area contributed by atoms with Crippen LogP contribution in [-0.2, 0) is 9.47 Å². The van der Waals surface area contributed by atoms with Crippen LogP contribution >= 0.6 is 0 Å². The molecule has 2 rings (SSSR count). The maximum atomic E-state index is 5.54. The molecular formula is C18H22O3. The number of hydrogen-bond donors (Lipinski definition) is 0. The lowest BCUT2D eigenvalue weighted by Crippen LogP contribution is -2.22. The van der Waals surface area contributed by atoms with Crippen LogP contribution in [0.15, 0.2) is 30.3 Å². The van der Waals surface area contributed by atoms with Crippen LogP contribution in [0.2, 0.25) is 0 Å². The zero-order valence-electron chi connectivity index (χ0n) is 12.5. The molecule has 1 atom stereocenters. The summed E-state index contributed by atoms with van der Waals surface area (Å²) in [5.74, 6) is 6.95. The van der Waals surface area contributed by atoms with Crippen LogP contribution in [0.5, 0.6) is 5.75 Å². The zero-order valence-corrected chi connectivity index (χ0v) is 12.5. The second-order valence-electron chi connectivity index (χ2n) is 4.84. The van der Waals surface area contributed by atoms with E-state index in [0.29, 0.717) is 13.0 Å². The van der Waals surface area contributed by atoms with Gasteiger partial charge in [-0.3, -0.25) is 0 Å². The molecule has 21 heavy (non-hydrogen) atoms. The molecule has 1 aliphatic heterocycles. The number of allylic oxidation sites excluding steroid dienone is 1. The molecular weight excluding hydrogens is 264 g/mol. The number of benzene rings is 1. The highest BCUT2D eigenvalue weighted by Crippen LogP contribution is 2.14. The van der Waals surface area contributed by atoms with E-state index in [1.807, 2.05) is 36.4 Å². The number of ether oxygens (including phenoxy) is 3. The minimum Gasteiger partial charge on any atom is -0.497 e. The topological polar surface area (TPSA) is 27.7 Å². The Morgan fingerprint density at radius 2 is 2.29 bits per heavy atom. The lowest BCUT2D eigenvalue weighted by atomic mass is 10.2. The molecule has 3 heteroatoms. The SMILES string of the molecule is COc1cccc(/C=C/CC#CCOC2CCCCO2)c1. The van der Waals surface area contributed by atoms with Crippen LogP contribution in [0.25, 0.3) is 6.08 Å². The number of rotatable bonds is 5. The largest absolute Gasteiger partial charge is 0.497 e. The van der Waals surface area contributed by atoms with Gasteiger partial charge in [0, 0.05) is 13.0 Å². The van der Waals surface area contributed by atoms with E-state index >= 15 is 0 Å². The first-order chi connectivity index (χ1) is 10.4. The summed E-state index contributed by atoms with van der Waals surface area (Å²) in [5, 5.41) is 0. The van der Waals surface area contributed by atoms with Crippen LogP contribution < -0.4 is 4.74 Å². The van der Waals surface area contributed by atoms with E-state index < -0.39 is 0 Å². The molecule has 1 aromatic rings. The van der Waals surface area contributed by atoms with E-state index in [4.69, 9.17) is 14.2 Å². The first kappa shape index (κ1) is 15.6. The Labute approximate surface area is 126 Å². The third-order valence-corrected chi connectivity index (χ3v) is 3.23. The lowest BCUT2D eigenvalue weighted by Gasteiger charge is -2.21. The summed E-state index contributed by atoms with van der Waals surface area (Å²) in [6, 6.07) is 7.94. The van der Waals surface area contributed by atoms with Crippen molar-refractivity contribution in [2.24, 2.45) is 0 Å². The van der Waals surface area contributed by atoms with Gasteiger partial charge >= 0.3 is 0 Å². The van der Waals surface area contributed by atoms with Crippen molar-refractivity contribution in [1.82, 2.24) is 0 Å². The average Bonchev–Trinajstić information content (AvgIpc) is 2.55. The number of hydrogen-bond acceptors (Lipinski definition) is 3. The smallest absolute Gasteiger partial charge is 0.158 e. The Balaban J connectivity index is 1.66. The van der Waals surface area contributed by atoms with E-state index in [9.17, 15) is 0 Å². The van der Waals surface area contributed by atoms with Crippen LogP contribution in [-0.4, -0.2) is 26.6 Å². The molecule has 0 aromatic heterocycles. The quantitative estimate of drug-likeness (QED) is 0.773. The van der Waals surface area contributed by atoms with Crippen molar-refractivity contribution in [2.75, 3.05) is 20.3 Å². The fourth-order valence-corrected chi connectivity index (χ4v) is 2.10. The maximum absolute atomic E-state index is 5.54. The van der Waals surface area contributed by atoms with Gasteiger partial charge in [-0.05, 0) is 37.0 Å². The van der Waals surface area contributed by atoms with Gasteiger partial charge in [0.25, 0.3) is 0 Å². The molecule has 1 heterocycles. The first-order valence-corrected chi connectivity index (χ1v) is 7.38. The van der Waals surface area contributed by atoms with Crippen molar-refractivity contribution < 1.29 is 14.2 Å². The van der Waals surface area contributed by atoms with Crippen molar-refractivity contribution >= 4 is 6.08 Å². The molecule has 0 radical (unpaired) electrons. The van der Waals surface area contributed by atoms with Gasteiger partial charge in [-0.15, -0.1) is 0 Å². The molecule has 1 aromatic carbocycles. The molecule has 1 fully saturated rings. The Hall–Kier alpha value is -1.76. The minimum absolute atomic E-state index is 0.0552. The van der Waals surface area contributed by atoms with E-state index in [1.54, 1.807) is 7.11 Å². The normalized spacial score (nSPS) is 18.2. The Kier molecular flexibility index (Phi) is 6.87. The van der Waals surface area contributed by atoms with E-state index in [2.05, 4.69) is 11.8 Å². The fraction of sp³-hybridized carbons (Fsp3) is 0.444. The predicted molar refractivity (Wildman–Crippen MR) is 84.0 cm³/mol. The predicted octanol–water partition coefficient (Wildman–Crippen LogP) is 3.65. The van der Waals surface area contributed by atoms with Crippen LogP contribution in [0, 0.1) is 11.8 Å². The Morgan fingerprint density at radius 1 is 1.33 bits per heavy atom.